The van der Waals surface area contributed by atoms with Crippen molar-refractivity contribution in [2.24, 2.45) is 0 Å². The molecule has 2 rings (SSSR count). The molecule has 0 radical (unpaired) electrons. The van der Waals surface area contributed by atoms with Crippen molar-refractivity contribution in [3.05, 3.63) is 35.9 Å². The predicted molar refractivity (Wildman–Crippen MR) is 68.5 cm³/mol. The molecule has 2 N–H and O–H groups in total. The van der Waals surface area contributed by atoms with Crippen LogP contribution in [0.25, 0.3) is 0 Å². The number of aromatic nitrogens is 1. The molecular formula is C14H19NO2. The maximum Gasteiger partial charge on any atom is 0.198 e. The van der Waals surface area contributed by atoms with Crippen molar-refractivity contribution in [2.75, 3.05) is 0 Å². The summed E-state index contributed by atoms with van der Waals surface area (Å²) in [6.07, 6.45) is 8.62. The van der Waals surface area contributed by atoms with Crippen molar-refractivity contribution >= 4 is 0 Å². The first-order chi connectivity index (χ1) is 8.20. The second kappa shape index (κ2) is 4.70. The molecule has 1 unspecified atom stereocenters. The highest BCUT2D eigenvalue weighted by Crippen LogP contribution is 2.43. The Hall–Kier alpha value is -1.64. The van der Waals surface area contributed by atoms with E-state index in [1.807, 2.05) is 0 Å². The van der Waals surface area contributed by atoms with Gasteiger partial charge in [0.25, 0.3) is 0 Å². The number of hydrogen-bond donors (Lipinski definition) is 2. The molecule has 1 aliphatic rings. The molecule has 1 aliphatic carbocycles. The van der Waals surface area contributed by atoms with Crippen LogP contribution in [0.2, 0.25) is 0 Å². The molecule has 0 saturated carbocycles. The van der Waals surface area contributed by atoms with Gasteiger partial charge in [0, 0.05) is 23.6 Å². The molecule has 0 aliphatic heterocycles. The van der Waals surface area contributed by atoms with Crippen molar-refractivity contribution in [2.45, 2.75) is 38.6 Å². The summed E-state index contributed by atoms with van der Waals surface area (Å²) >= 11 is 0. The fourth-order valence-corrected chi connectivity index (χ4v) is 2.55. The van der Waals surface area contributed by atoms with Gasteiger partial charge in [0.15, 0.2) is 11.8 Å². The van der Waals surface area contributed by atoms with Gasteiger partial charge in [0.2, 0.25) is 0 Å². The lowest BCUT2D eigenvalue weighted by Crippen LogP contribution is -2.02. The monoisotopic (exact) mass is 233 g/mol. The number of rotatable bonds is 4. The van der Waals surface area contributed by atoms with E-state index in [9.17, 15) is 10.2 Å². The number of allylic oxidation sites excluding steroid dienone is 3. The average Bonchev–Trinajstić information content (AvgIpc) is 2.56. The quantitative estimate of drug-likeness (QED) is 0.785. The standard InChI is InChI=1S/C14H19NO2/c1-3-6-10-7-5-8-11-12(10)14(17)15(9-4-2)13(11)16/h4-5,7,10,16-17H,2-3,6,8-9H2,1H3. The fourth-order valence-electron chi connectivity index (χ4n) is 2.55. The number of aromatic hydroxyl groups is 2. The second-order valence-corrected chi connectivity index (χ2v) is 4.47. The van der Waals surface area contributed by atoms with Gasteiger partial charge in [0.1, 0.15) is 0 Å². The number of nitrogens with zero attached hydrogens (tertiary/aromatic N) is 1. The first kappa shape index (κ1) is 11.8. The van der Waals surface area contributed by atoms with E-state index in [4.69, 9.17) is 0 Å². The molecule has 0 spiro atoms. The zero-order valence-corrected chi connectivity index (χ0v) is 10.2. The zero-order chi connectivity index (χ0) is 12.4. The van der Waals surface area contributed by atoms with Crippen molar-refractivity contribution in [3.63, 3.8) is 0 Å². The summed E-state index contributed by atoms with van der Waals surface area (Å²) in [5, 5.41) is 20.3. The first-order valence-corrected chi connectivity index (χ1v) is 6.11. The minimum atomic E-state index is 0.183. The van der Waals surface area contributed by atoms with Crippen LogP contribution in [0, 0.1) is 0 Å². The van der Waals surface area contributed by atoms with Crippen LogP contribution in [0.1, 0.15) is 36.8 Å². The minimum absolute atomic E-state index is 0.183. The Balaban J connectivity index is 2.49. The molecular weight excluding hydrogens is 214 g/mol. The van der Waals surface area contributed by atoms with Gasteiger partial charge >= 0.3 is 0 Å². The summed E-state index contributed by atoms with van der Waals surface area (Å²) in [6, 6.07) is 0. The Morgan fingerprint density at radius 1 is 1.47 bits per heavy atom. The van der Waals surface area contributed by atoms with Crippen molar-refractivity contribution in [1.82, 2.24) is 4.57 Å². The summed E-state index contributed by atoms with van der Waals surface area (Å²) in [7, 11) is 0. The predicted octanol–water partition coefficient (Wildman–Crippen LogP) is 3.08. The van der Waals surface area contributed by atoms with Crippen LogP contribution in [0.5, 0.6) is 11.8 Å². The van der Waals surface area contributed by atoms with E-state index in [-0.39, 0.29) is 17.7 Å². The van der Waals surface area contributed by atoms with Crippen LogP contribution in [-0.4, -0.2) is 14.8 Å². The van der Waals surface area contributed by atoms with Gasteiger partial charge < -0.3 is 10.2 Å². The van der Waals surface area contributed by atoms with Crippen molar-refractivity contribution in [3.8, 4) is 11.8 Å². The fraction of sp³-hybridized carbons (Fsp3) is 0.429. The summed E-state index contributed by atoms with van der Waals surface area (Å²) < 4.78 is 1.52. The maximum absolute atomic E-state index is 10.2. The van der Waals surface area contributed by atoms with Crippen LogP contribution in [0.3, 0.4) is 0 Å². The SMILES string of the molecule is C=CCn1c(O)c2c(c1O)C(CCC)C=CC2. The Morgan fingerprint density at radius 3 is 2.88 bits per heavy atom. The molecule has 0 fully saturated rings. The highest BCUT2D eigenvalue weighted by Gasteiger charge is 2.27. The first-order valence-electron chi connectivity index (χ1n) is 6.11. The van der Waals surface area contributed by atoms with E-state index in [1.165, 1.54) is 4.57 Å². The third-order valence-electron chi connectivity index (χ3n) is 3.32. The summed E-state index contributed by atoms with van der Waals surface area (Å²) in [5.74, 6) is 0.601. The Morgan fingerprint density at radius 2 is 2.24 bits per heavy atom. The van der Waals surface area contributed by atoms with Crippen molar-refractivity contribution < 1.29 is 10.2 Å². The van der Waals surface area contributed by atoms with E-state index in [0.717, 1.165) is 24.0 Å². The van der Waals surface area contributed by atoms with E-state index in [1.54, 1.807) is 6.08 Å². The highest BCUT2D eigenvalue weighted by atomic mass is 16.3. The number of fused-ring (bicyclic) bond motifs is 1. The molecule has 3 nitrogen and oxygen atoms in total. The van der Waals surface area contributed by atoms with Gasteiger partial charge in [-0.1, -0.05) is 31.6 Å². The molecule has 0 saturated heterocycles. The summed E-state index contributed by atoms with van der Waals surface area (Å²) in [6.45, 7) is 6.20. The summed E-state index contributed by atoms with van der Waals surface area (Å²) in [4.78, 5) is 0. The van der Waals surface area contributed by atoms with Crippen molar-refractivity contribution in [1.29, 1.82) is 0 Å². The zero-order valence-electron chi connectivity index (χ0n) is 10.2. The number of hydrogen-bond acceptors (Lipinski definition) is 2. The molecule has 1 atom stereocenters. The van der Waals surface area contributed by atoms with Crippen LogP contribution >= 0.6 is 0 Å². The molecule has 3 heteroatoms. The van der Waals surface area contributed by atoms with Gasteiger partial charge in [-0.3, -0.25) is 4.57 Å². The smallest absolute Gasteiger partial charge is 0.198 e. The van der Waals surface area contributed by atoms with Gasteiger partial charge in [-0.05, 0) is 12.8 Å². The van der Waals surface area contributed by atoms with Gasteiger partial charge in [-0.25, -0.2) is 0 Å². The normalized spacial score (nSPS) is 18.1. The molecule has 1 aromatic rings. The average molecular weight is 233 g/mol. The second-order valence-electron chi connectivity index (χ2n) is 4.47. The summed E-state index contributed by atoms with van der Waals surface area (Å²) in [5.41, 5.74) is 1.76. The van der Waals surface area contributed by atoms with Crippen LogP contribution < -0.4 is 0 Å². The molecule has 17 heavy (non-hydrogen) atoms. The molecule has 0 aromatic carbocycles. The maximum atomic E-state index is 10.2. The molecule has 0 amide bonds. The van der Waals surface area contributed by atoms with E-state index in [0.29, 0.717) is 13.0 Å². The largest absolute Gasteiger partial charge is 0.494 e. The Bertz CT molecular complexity index is 457. The Labute approximate surface area is 102 Å². The van der Waals surface area contributed by atoms with Crippen LogP contribution in [0.4, 0.5) is 0 Å². The van der Waals surface area contributed by atoms with Gasteiger partial charge in [-0.15, -0.1) is 6.58 Å². The Kier molecular flexibility index (Phi) is 3.27. The lowest BCUT2D eigenvalue weighted by atomic mass is 9.87. The molecule has 1 heterocycles. The lowest BCUT2D eigenvalue weighted by Gasteiger charge is -2.16. The molecule has 0 bridgehead atoms. The van der Waals surface area contributed by atoms with E-state index < -0.39 is 0 Å². The van der Waals surface area contributed by atoms with Crippen LogP contribution in [0.15, 0.2) is 24.8 Å². The topological polar surface area (TPSA) is 45.4 Å². The van der Waals surface area contributed by atoms with Gasteiger partial charge in [-0.2, -0.15) is 0 Å². The third-order valence-corrected chi connectivity index (χ3v) is 3.32. The van der Waals surface area contributed by atoms with Gasteiger partial charge in [0.05, 0.1) is 0 Å². The van der Waals surface area contributed by atoms with E-state index in [2.05, 4.69) is 25.7 Å². The molecule has 92 valence electrons. The molecule has 1 aromatic heterocycles. The highest BCUT2D eigenvalue weighted by molar-refractivity contribution is 5.52. The minimum Gasteiger partial charge on any atom is -0.494 e. The third kappa shape index (κ3) is 1.86. The van der Waals surface area contributed by atoms with Crippen LogP contribution in [-0.2, 0) is 13.0 Å². The lowest BCUT2D eigenvalue weighted by molar-refractivity contribution is 0.375. The van der Waals surface area contributed by atoms with E-state index >= 15 is 0 Å².